The van der Waals surface area contributed by atoms with E-state index in [9.17, 15) is 9.90 Å². The normalized spacial score (nSPS) is 12.4. The first-order chi connectivity index (χ1) is 12.1. The molecule has 25 heavy (non-hydrogen) atoms. The van der Waals surface area contributed by atoms with Crippen molar-refractivity contribution in [3.8, 4) is 0 Å². The number of rotatable bonds is 8. The second kappa shape index (κ2) is 9.56. The quantitative estimate of drug-likeness (QED) is 0.391. The Bertz CT molecular complexity index is 704. The van der Waals surface area contributed by atoms with Crippen LogP contribution in [0.1, 0.15) is 24.2 Å². The molecule has 6 heteroatoms. The summed E-state index contributed by atoms with van der Waals surface area (Å²) in [5.41, 5.74) is 2.45. The molecule has 2 aromatic carbocycles. The van der Waals surface area contributed by atoms with Crippen LogP contribution in [0.2, 0.25) is 0 Å². The first kappa shape index (κ1) is 18.6. The van der Waals surface area contributed by atoms with Gasteiger partial charge in [-0.2, -0.15) is 0 Å². The smallest absolute Gasteiger partial charge is 0.270 e. The summed E-state index contributed by atoms with van der Waals surface area (Å²) in [7, 11) is 0. The van der Waals surface area contributed by atoms with Crippen LogP contribution in [0.5, 0.6) is 0 Å². The minimum atomic E-state index is -0.579. The number of nitrogens with one attached hydrogen (secondary N) is 1. The summed E-state index contributed by atoms with van der Waals surface area (Å²) in [5.74, 6) is -0.498. The SMILES string of the molecule is CCN(Cc1ccccc1NC(=O)/C=N/O)CC(O)c1ccccc1. The van der Waals surface area contributed by atoms with E-state index in [1.165, 1.54) is 0 Å². The van der Waals surface area contributed by atoms with Crippen molar-refractivity contribution in [2.75, 3.05) is 18.4 Å². The summed E-state index contributed by atoms with van der Waals surface area (Å²) >= 11 is 0. The topological polar surface area (TPSA) is 85.2 Å². The van der Waals surface area contributed by atoms with Gasteiger partial charge in [0.15, 0.2) is 0 Å². The number of anilines is 1. The average Bonchev–Trinajstić information content (AvgIpc) is 2.63. The van der Waals surface area contributed by atoms with Crippen molar-refractivity contribution < 1.29 is 15.1 Å². The van der Waals surface area contributed by atoms with Crippen LogP contribution in [0.15, 0.2) is 59.8 Å². The zero-order valence-electron chi connectivity index (χ0n) is 14.2. The predicted molar refractivity (Wildman–Crippen MR) is 97.7 cm³/mol. The number of benzene rings is 2. The Hall–Kier alpha value is -2.70. The molecule has 132 valence electrons. The summed E-state index contributed by atoms with van der Waals surface area (Å²) in [4.78, 5) is 13.7. The van der Waals surface area contributed by atoms with Gasteiger partial charge in [-0.15, -0.1) is 0 Å². The van der Waals surface area contributed by atoms with Gasteiger partial charge in [0.1, 0.15) is 6.21 Å². The Balaban J connectivity index is 2.07. The number of hydrogen-bond acceptors (Lipinski definition) is 5. The Morgan fingerprint density at radius 1 is 1.20 bits per heavy atom. The van der Waals surface area contributed by atoms with Crippen molar-refractivity contribution in [3.63, 3.8) is 0 Å². The van der Waals surface area contributed by atoms with Crippen LogP contribution in [-0.2, 0) is 11.3 Å². The van der Waals surface area contributed by atoms with Gasteiger partial charge in [0.05, 0.1) is 6.10 Å². The molecular weight excluding hydrogens is 318 g/mol. The lowest BCUT2D eigenvalue weighted by molar-refractivity contribution is -0.110. The van der Waals surface area contributed by atoms with Gasteiger partial charge in [-0.1, -0.05) is 60.6 Å². The fourth-order valence-electron chi connectivity index (χ4n) is 2.57. The molecule has 1 unspecified atom stereocenters. The van der Waals surface area contributed by atoms with Crippen LogP contribution in [0.3, 0.4) is 0 Å². The molecule has 3 N–H and O–H groups in total. The van der Waals surface area contributed by atoms with Crippen LogP contribution in [0.25, 0.3) is 0 Å². The molecule has 6 nitrogen and oxygen atoms in total. The highest BCUT2D eigenvalue weighted by atomic mass is 16.4. The summed E-state index contributed by atoms with van der Waals surface area (Å²) in [5, 5.41) is 24.3. The van der Waals surface area contributed by atoms with E-state index in [1.807, 2.05) is 55.5 Å². The van der Waals surface area contributed by atoms with E-state index < -0.39 is 12.0 Å². The number of aliphatic hydroxyl groups is 1. The summed E-state index contributed by atoms with van der Waals surface area (Å²) in [6.07, 6.45) is 0.234. The van der Waals surface area contributed by atoms with E-state index in [1.54, 1.807) is 6.07 Å². The molecule has 0 saturated heterocycles. The van der Waals surface area contributed by atoms with Crippen molar-refractivity contribution in [2.45, 2.75) is 19.6 Å². The monoisotopic (exact) mass is 341 g/mol. The minimum Gasteiger partial charge on any atom is -0.411 e. The Morgan fingerprint density at radius 2 is 1.88 bits per heavy atom. The Morgan fingerprint density at radius 3 is 2.56 bits per heavy atom. The molecular formula is C19H23N3O3. The van der Waals surface area contributed by atoms with E-state index >= 15 is 0 Å². The number of hydrogen-bond donors (Lipinski definition) is 3. The zero-order chi connectivity index (χ0) is 18.1. The highest BCUT2D eigenvalue weighted by Gasteiger charge is 2.14. The van der Waals surface area contributed by atoms with Crippen molar-refractivity contribution in [1.82, 2.24) is 4.90 Å². The standard InChI is InChI=1S/C19H23N3O3/c1-2-22(14-18(23)15-8-4-3-5-9-15)13-16-10-6-7-11-17(16)21-19(24)12-20-25/h3-12,18,23,25H,2,13-14H2,1H3,(H,21,24)/b20-12+. The van der Waals surface area contributed by atoms with Crippen molar-refractivity contribution in [2.24, 2.45) is 5.16 Å². The molecule has 0 heterocycles. The molecule has 1 atom stereocenters. The predicted octanol–water partition coefficient (Wildman–Crippen LogP) is 2.64. The summed E-state index contributed by atoms with van der Waals surface area (Å²) in [6, 6.07) is 17.0. The molecule has 1 amide bonds. The maximum atomic E-state index is 11.6. The molecule has 0 saturated carbocycles. The molecule has 0 radical (unpaired) electrons. The molecule has 0 aliphatic carbocycles. The van der Waals surface area contributed by atoms with Crippen LogP contribution in [0.4, 0.5) is 5.69 Å². The van der Waals surface area contributed by atoms with Gasteiger partial charge in [0.2, 0.25) is 0 Å². The fourth-order valence-corrected chi connectivity index (χ4v) is 2.57. The number of likely N-dealkylation sites (N-methyl/N-ethyl adjacent to an activating group) is 1. The van der Waals surface area contributed by atoms with Gasteiger partial charge in [-0.25, -0.2) is 0 Å². The Kier molecular flexibility index (Phi) is 7.13. The average molecular weight is 341 g/mol. The third kappa shape index (κ3) is 5.70. The largest absolute Gasteiger partial charge is 0.411 e. The second-order valence-corrected chi connectivity index (χ2v) is 5.65. The maximum absolute atomic E-state index is 11.6. The lowest BCUT2D eigenvalue weighted by Gasteiger charge is -2.25. The lowest BCUT2D eigenvalue weighted by Crippen LogP contribution is -2.28. The number of oxime groups is 1. The molecule has 0 bridgehead atoms. The highest BCUT2D eigenvalue weighted by Crippen LogP contribution is 2.20. The van der Waals surface area contributed by atoms with Crippen molar-refractivity contribution in [3.05, 3.63) is 65.7 Å². The lowest BCUT2D eigenvalue weighted by atomic mass is 10.1. The van der Waals surface area contributed by atoms with Gasteiger partial charge >= 0.3 is 0 Å². The number of para-hydroxylation sites is 1. The summed E-state index contributed by atoms with van der Waals surface area (Å²) in [6.45, 7) is 3.84. The Labute approximate surface area is 147 Å². The van der Waals surface area contributed by atoms with Crippen LogP contribution < -0.4 is 5.32 Å². The third-order valence-corrected chi connectivity index (χ3v) is 3.91. The second-order valence-electron chi connectivity index (χ2n) is 5.65. The number of carbonyl (C=O) groups is 1. The first-order valence-electron chi connectivity index (χ1n) is 8.15. The van der Waals surface area contributed by atoms with Gasteiger partial charge in [-0.3, -0.25) is 9.69 Å². The molecule has 0 aromatic heterocycles. The fraction of sp³-hybridized carbons (Fsp3) is 0.263. The third-order valence-electron chi connectivity index (χ3n) is 3.91. The van der Waals surface area contributed by atoms with Crippen LogP contribution in [0, 0.1) is 0 Å². The van der Waals surface area contributed by atoms with Crippen LogP contribution >= 0.6 is 0 Å². The summed E-state index contributed by atoms with van der Waals surface area (Å²) < 4.78 is 0. The first-order valence-corrected chi connectivity index (χ1v) is 8.15. The number of nitrogens with zero attached hydrogens (tertiary/aromatic N) is 2. The number of carbonyl (C=O) groups excluding carboxylic acids is 1. The van der Waals surface area contributed by atoms with Gasteiger partial charge in [0, 0.05) is 18.8 Å². The number of aliphatic hydroxyl groups excluding tert-OH is 1. The van der Waals surface area contributed by atoms with Crippen LogP contribution in [-0.4, -0.2) is 40.4 Å². The maximum Gasteiger partial charge on any atom is 0.270 e. The zero-order valence-corrected chi connectivity index (χ0v) is 14.2. The molecule has 0 fully saturated rings. The van der Waals surface area contributed by atoms with E-state index in [2.05, 4.69) is 15.4 Å². The molecule has 2 aromatic rings. The van der Waals surface area contributed by atoms with E-state index in [0.29, 0.717) is 18.8 Å². The van der Waals surface area contributed by atoms with Crippen molar-refractivity contribution in [1.29, 1.82) is 0 Å². The van der Waals surface area contributed by atoms with Gasteiger partial charge in [-0.05, 0) is 23.7 Å². The molecule has 0 aliphatic heterocycles. The van der Waals surface area contributed by atoms with E-state index in [0.717, 1.165) is 23.9 Å². The minimum absolute atomic E-state index is 0.487. The number of amides is 1. The highest BCUT2D eigenvalue weighted by molar-refractivity contribution is 6.31. The van der Waals surface area contributed by atoms with Gasteiger partial charge < -0.3 is 15.6 Å². The molecule has 0 spiro atoms. The van der Waals surface area contributed by atoms with E-state index in [4.69, 9.17) is 5.21 Å². The van der Waals surface area contributed by atoms with Crippen molar-refractivity contribution >= 4 is 17.8 Å². The van der Waals surface area contributed by atoms with Gasteiger partial charge in [0.25, 0.3) is 5.91 Å². The van der Waals surface area contributed by atoms with E-state index in [-0.39, 0.29) is 0 Å². The molecule has 2 rings (SSSR count). The molecule has 0 aliphatic rings.